The van der Waals surface area contributed by atoms with E-state index in [9.17, 15) is 9.90 Å². The van der Waals surface area contributed by atoms with Gasteiger partial charge in [0, 0.05) is 6.54 Å². The summed E-state index contributed by atoms with van der Waals surface area (Å²) in [5, 5.41) is 12.1. The molecule has 0 bridgehead atoms. The number of hydrogen-bond donors (Lipinski definition) is 3. The van der Waals surface area contributed by atoms with Crippen LogP contribution >= 0.6 is 0 Å². The van der Waals surface area contributed by atoms with Crippen molar-refractivity contribution in [1.29, 1.82) is 0 Å². The number of carbonyl (C=O) groups excluding carboxylic acids is 1. The molecule has 0 aliphatic rings. The van der Waals surface area contributed by atoms with Crippen LogP contribution in [0.25, 0.3) is 0 Å². The Morgan fingerprint density at radius 3 is 2.29 bits per heavy atom. The molecular weight excluding hydrogens is 264 g/mol. The molecule has 0 aliphatic carbocycles. The number of rotatable bonds is 5. The van der Waals surface area contributed by atoms with Crippen molar-refractivity contribution in [1.82, 2.24) is 5.32 Å². The summed E-state index contributed by atoms with van der Waals surface area (Å²) in [6.45, 7) is 2.50. The Bertz CT molecular complexity index is 591. The molecule has 0 aliphatic heterocycles. The van der Waals surface area contributed by atoms with Crippen molar-refractivity contribution in [2.75, 3.05) is 0 Å². The Labute approximate surface area is 124 Å². The van der Waals surface area contributed by atoms with Crippen molar-refractivity contribution >= 4 is 5.91 Å². The van der Waals surface area contributed by atoms with Gasteiger partial charge in [-0.25, -0.2) is 0 Å². The average Bonchev–Trinajstić information content (AvgIpc) is 2.48. The monoisotopic (exact) mass is 284 g/mol. The minimum absolute atomic E-state index is 0.177. The zero-order valence-corrected chi connectivity index (χ0v) is 12.0. The van der Waals surface area contributed by atoms with Gasteiger partial charge in [0.25, 0.3) is 0 Å². The van der Waals surface area contributed by atoms with Crippen molar-refractivity contribution in [2.45, 2.75) is 25.9 Å². The quantitative estimate of drug-likeness (QED) is 0.785. The Hall–Kier alpha value is -2.33. The van der Waals surface area contributed by atoms with Gasteiger partial charge in [-0.3, -0.25) is 4.79 Å². The molecule has 110 valence electrons. The number of nitrogens with two attached hydrogens (primary N) is 1. The number of hydrogen-bond acceptors (Lipinski definition) is 3. The molecular formula is C17H20N2O2. The van der Waals surface area contributed by atoms with Gasteiger partial charge >= 0.3 is 0 Å². The molecule has 4 heteroatoms. The van der Waals surface area contributed by atoms with Gasteiger partial charge in [0.15, 0.2) is 0 Å². The second-order valence-corrected chi connectivity index (χ2v) is 5.18. The minimum atomic E-state index is -0.597. The normalized spacial score (nSPS) is 11.9. The van der Waals surface area contributed by atoms with Gasteiger partial charge in [-0.1, -0.05) is 42.0 Å². The summed E-state index contributed by atoms with van der Waals surface area (Å²) < 4.78 is 0. The molecule has 0 saturated carbocycles. The molecule has 1 unspecified atom stereocenters. The van der Waals surface area contributed by atoms with Gasteiger partial charge in [0.1, 0.15) is 5.75 Å². The van der Waals surface area contributed by atoms with Crippen LogP contribution in [0.1, 0.15) is 16.7 Å². The van der Waals surface area contributed by atoms with Crippen molar-refractivity contribution in [2.24, 2.45) is 5.73 Å². The minimum Gasteiger partial charge on any atom is -0.508 e. The fourth-order valence-electron chi connectivity index (χ4n) is 2.00. The third kappa shape index (κ3) is 4.61. The van der Waals surface area contributed by atoms with Gasteiger partial charge in [-0.2, -0.15) is 0 Å². The van der Waals surface area contributed by atoms with Crippen molar-refractivity contribution < 1.29 is 9.90 Å². The zero-order chi connectivity index (χ0) is 15.2. The van der Waals surface area contributed by atoms with Crippen molar-refractivity contribution in [3.05, 3.63) is 65.2 Å². The average molecular weight is 284 g/mol. The van der Waals surface area contributed by atoms with E-state index in [2.05, 4.69) is 5.32 Å². The van der Waals surface area contributed by atoms with Gasteiger partial charge in [-0.15, -0.1) is 0 Å². The number of nitrogens with one attached hydrogen (secondary N) is 1. The maximum absolute atomic E-state index is 12.0. The summed E-state index contributed by atoms with van der Waals surface area (Å²) in [4.78, 5) is 12.0. The molecule has 2 aromatic carbocycles. The maximum atomic E-state index is 12.0. The summed E-state index contributed by atoms with van der Waals surface area (Å²) in [5.41, 5.74) is 9.06. The van der Waals surface area contributed by atoms with Crippen molar-refractivity contribution in [3.63, 3.8) is 0 Å². The lowest BCUT2D eigenvalue weighted by molar-refractivity contribution is -0.122. The number of aryl methyl sites for hydroxylation is 1. The number of phenols is 1. The Morgan fingerprint density at radius 1 is 1.10 bits per heavy atom. The third-order valence-electron chi connectivity index (χ3n) is 3.32. The molecule has 2 rings (SSSR count). The molecule has 0 radical (unpaired) electrons. The van der Waals surface area contributed by atoms with Crippen LogP contribution in [0.5, 0.6) is 5.75 Å². The highest BCUT2D eigenvalue weighted by Gasteiger charge is 2.13. The molecule has 1 atom stereocenters. The maximum Gasteiger partial charge on any atom is 0.237 e. The molecule has 0 aromatic heterocycles. The summed E-state index contributed by atoms with van der Waals surface area (Å²) in [5.74, 6) is 0.0276. The van der Waals surface area contributed by atoms with Crippen molar-refractivity contribution in [3.8, 4) is 5.75 Å². The van der Waals surface area contributed by atoms with Crippen LogP contribution in [-0.2, 0) is 17.8 Å². The van der Waals surface area contributed by atoms with E-state index < -0.39 is 6.04 Å². The van der Waals surface area contributed by atoms with Crippen LogP contribution in [0.15, 0.2) is 48.5 Å². The van der Waals surface area contributed by atoms with E-state index in [4.69, 9.17) is 5.73 Å². The van der Waals surface area contributed by atoms with E-state index >= 15 is 0 Å². The van der Waals surface area contributed by atoms with E-state index in [0.29, 0.717) is 13.0 Å². The molecule has 4 N–H and O–H groups in total. The predicted molar refractivity (Wildman–Crippen MR) is 82.8 cm³/mol. The highest BCUT2D eigenvalue weighted by atomic mass is 16.3. The first kappa shape index (κ1) is 15.1. The van der Waals surface area contributed by atoms with Crippen LogP contribution < -0.4 is 11.1 Å². The molecule has 1 amide bonds. The molecule has 0 heterocycles. The predicted octanol–water partition coefficient (Wildman–Crippen LogP) is 1.89. The molecule has 0 spiro atoms. The summed E-state index contributed by atoms with van der Waals surface area (Å²) in [6, 6.07) is 14.1. The standard InChI is InChI=1S/C17H20N2O2/c1-12-2-4-14(5-3-12)11-19-17(21)16(18)10-13-6-8-15(20)9-7-13/h2-9,16,20H,10-11,18H2,1H3,(H,19,21). The Kier molecular flexibility index (Phi) is 4.95. The van der Waals surface area contributed by atoms with Gasteiger partial charge < -0.3 is 16.2 Å². The first-order valence-corrected chi connectivity index (χ1v) is 6.91. The number of amides is 1. The topological polar surface area (TPSA) is 75.4 Å². The fourth-order valence-corrected chi connectivity index (χ4v) is 2.00. The van der Waals surface area contributed by atoms with Crippen LogP contribution in [-0.4, -0.2) is 17.1 Å². The van der Waals surface area contributed by atoms with E-state index in [1.165, 1.54) is 5.56 Å². The number of benzene rings is 2. The van der Waals surface area contributed by atoms with E-state index in [-0.39, 0.29) is 11.7 Å². The van der Waals surface area contributed by atoms with Crippen LogP contribution in [0.4, 0.5) is 0 Å². The fraction of sp³-hybridized carbons (Fsp3) is 0.235. The highest BCUT2D eigenvalue weighted by Crippen LogP contribution is 2.11. The molecule has 0 saturated heterocycles. The van der Waals surface area contributed by atoms with Gasteiger partial charge in [0.2, 0.25) is 5.91 Å². The number of aromatic hydroxyl groups is 1. The smallest absolute Gasteiger partial charge is 0.237 e. The third-order valence-corrected chi connectivity index (χ3v) is 3.32. The molecule has 21 heavy (non-hydrogen) atoms. The van der Waals surface area contributed by atoms with E-state index in [1.54, 1.807) is 24.3 Å². The Morgan fingerprint density at radius 2 is 1.67 bits per heavy atom. The SMILES string of the molecule is Cc1ccc(CNC(=O)C(N)Cc2ccc(O)cc2)cc1. The zero-order valence-electron chi connectivity index (χ0n) is 12.0. The molecule has 4 nitrogen and oxygen atoms in total. The van der Waals surface area contributed by atoms with E-state index in [1.807, 2.05) is 31.2 Å². The number of carbonyl (C=O) groups is 1. The summed E-state index contributed by atoms with van der Waals surface area (Å²) >= 11 is 0. The first-order chi connectivity index (χ1) is 10.0. The first-order valence-electron chi connectivity index (χ1n) is 6.91. The van der Waals surface area contributed by atoms with Gasteiger partial charge in [0.05, 0.1) is 6.04 Å². The lowest BCUT2D eigenvalue weighted by atomic mass is 10.1. The van der Waals surface area contributed by atoms with Gasteiger partial charge in [-0.05, 0) is 36.6 Å². The number of phenolic OH excluding ortho intramolecular Hbond substituents is 1. The van der Waals surface area contributed by atoms with Crippen LogP contribution in [0.3, 0.4) is 0 Å². The second kappa shape index (κ2) is 6.90. The highest BCUT2D eigenvalue weighted by molar-refractivity contribution is 5.81. The second-order valence-electron chi connectivity index (χ2n) is 5.18. The lowest BCUT2D eigenvalue weighted by Gasteiger charge is -2.12. The largest absolute Gasteiger partial charge is 0.508 e. The van der Waals surface area contributed by atoms with Crippen LogP contribution in [0, 0.1) is 6.92 Å². The summed E-state index contributed by atoms with van der Waals surface area (Å²) in [7, 11) is 0. The van der Waals surface area contributed by atoms with Crippen LogP contribution in [0.2, 0.25) is 0 Å². The Balaban J connectivity index is 1.84. The van der Waals surface area contributed by atoms with E-state index in [0.717, 1.165) is 11.1 Å². The molecule has 2 aromatic rings. The molecule has 0 fully saturated rings. The summed E-state index contributed by atoms with van der Waals surface area (Å²) in [6.07, 6.45) is 0.444. The lowest BCUT2D eigenvalue weighted by Crippen LogP contribution is -2.41.